The Labute approximate surface area is 99.9 Å². The number of halogens is 3. The number of nitrogens with zero attached hydrogens (tertiary/aromatic N) is 1. The highest BCUT2D eigenvalue weighted by molar-refractivity contribution is 7.11. The minimum atomic E-state index is -1.50. The predicted octanol–water partition coefficient (Wildman–Crippen LogP) is 2.92. The second-order valence-electron chi connectivity index (χ2n) is 3.52. The number of nitrogens with two attached hydrogens (primary N) is 1. The average Bonchev–Trinajstić information content (AvgIpc) is 2.72. The van der Waals surface area contributed by atoms with E-state index in [9.17, 15) is 13.2 Å². The Bertz CT molecular complexity index is 554. The van der Waals surface area contributed by atoms with E-state index in [1.54, 1.807) is 6.92 Å². The van der Waals surface area contributed by atoms with E-state index in [1.807, 2.05) is 0 Å². The first-order valence-corrected chi connectivity index (χ1v) is 5.63. The molecule has 0 spiro atoms. The topological polar surface area (TPSA) is 38.9 Å². The van der Waals surface area contributed by atoms with E-state index in [0.717, 1.165) is 17.1 Å². The number of thiazole rings is 1. The molecule has 17 heavy (non-hydrogen) atoms. The van der Waals surface area contributed by atoms with Crippen LogP contribution in [0.3, 0.4) is 0 Å². The van der Waals surface area contributed by atoms with E-state index < -0.39 is 23.5 Å². The molecule has 0 bridgehead atoms. The van der Waals surface area contributed by atoms with Gasteiger partial charge in [0.15, 0.2) is 17.5 Å². The van der Waals surface area contributed by atoms with Crippen molar-refractivity contribution in [1.29, 1.82) is 0 Å². The van der Waals surface area contributed by atoms with Crippen LogP contribution in [0, 0.1) is 24.4 Å². The van der Waals surface area contributed by atoms with Gasteiger partial charge in [0.1, 0.15) is 0 Å². The van der Waals surface area contributed by atoms with Crippen molar-refractivity contribution in [3.8, 4) is 0 Å². The first-order chi connectivity index (χ1) is 8.00. The summed E-state index contributed by atoms with van der Waals surface area (Å²) in [4.78, 5) is 4.59. The number of aromatic nitrogens is 1. The zero-order chi connectivity index (χ0) is 12.6. The zero-order valence-corrected chi connectivity index (χ0v) is 9.69. The van der Waals surface area contributed by atoms with Gasteiger partial charge >= 0.3 is 0 Å². The first-order valence-electron chi connectivity index (χ1n) is 4.82. The van der Waals surface area contributed by atoms with Gasteiger partial charge in [0.05, 0.1) is 11.0 Å². The zero-order valence-electron chi connectivity index (χ0n) is 8.88. The second-order valence-corrected chi connectivity index (χ2v) is 4.79. The maximum atomic E-state index is 13.5. The largest absolute Gasteiger partial charge is 0.319 e. The molecule has 0 radical (unpaired) electrons. The lowest BCUT2D eigenvalue weighted by Gasteiger charge is -2.11. The second kappa shape index (κ2) is 4.46. The minimum Gasteiger partial charge on any atom is -0.319 e. The van der Waals surface area contributed by atoms with Crippen LogP contribution in [0.4, 0.5) is 13.2 Å². The van der Waals surface area contributed by atoms with Gasteiger partial charge in [-0.3, -0.25) is 0 Å². The standard InChI is InChI=1S/C11H9F3N2S/c1-5-16-4-8(17-5)11(15)6-2-3-7(12)10(14)9(6)13/h2-4,11H,15H2,1H3. The van der Waals surface area contributed by atoms with Crippen LogP contribution < -0.4 is 5.73 Å². The fraction of sp³-hybridized carbons (Fsp3) is 0.182. The summed E-state index contributed by atoms with van der Waals surface area (Å²) >= 11 is 1.29. The van der Waals surface area contributed by atoms with Crippen molar-refractivity contribution in [3.05, 3.63) is 51.2 Å². The van der Waals surface area contributed by atoms with Crippen molar-refractivity contribution >= 4 is 11.3 Å². The molecule has 1 atom stereocenters. The summed E-state index contributed by atoms with van der Waals surface area (Å²) in [5.41, 5.74) is 5.71. The van der Waals surface area contributed by atoms with Crippen molar-refractivity contribution in [1.82, 2.24) is 4.98 Å². The Kier molecular flexibility index (Phi) is 3.17. The van der Waals surface area contributed by atoms with Crippen molar-refractivity contribution < 1.29 is 13.2 Å². The lowest BCUT2D eigenvalue weighted by Crippen LogP contribution is -2.13. The number of benzene rings is 1. The van der Waals surface area contributed by atoms with Crippen LogP contribution in [0.15, 0.2) is 18.3 Å². The summed E-state index contributed by atoms with van der Waals surface area (Å²) in [6, 6.07) is 1.17. The van der Waals surface area contributed by atoms with Crippen molar-refractivity contribution in [2.45, 2.75) is 13.0 Å². The van der Waals surface area contributed by atoms with Gasteiger partial charge in [-0.05, 0) is 13.0 Å². The van der Waals surface area contributed by atoms with Crippen molar-refractivity contribution in [2.75, 3.05) is 0 Å². The molecule has 0 aliphatic heterocycles. The summed E-state index contributed by atoms with van der Waals surface area (Å²) in [5.74, 6) is -3.97. The fourth-order valence-corrected chi connectivity index (χ4v) is 2.26. The van der Waals surface area contributed by atoms with Gasteiger partial charge in [0, 0.05) is 16.6 Å². The summed E-state index contributed by atoms with van der Waals surface area (Å²) in [5, 5.41) is 0.776. The molecule has 0 fully saturated rings. The van der Waals surface area contributed by atoms with Gasteiger partial charge in [-0.2, -0.15) is 0 Å². The third-order valence-electron chi connectivity index (χ3n) is 2.35. The molecular formula is C11H9F3N2S. The van der Waals surface area contributed by atoms with Crippen molar-refractivity contribution in [3.63, 3.8) is 0 Å². The molecule has 1 heterocycles. The van der Waals surface area contributed by atoms with E-state index in [4.69, 9.17) is 5.73 Å². The quantitative estimate of drug-likeness (QED) is 0.841. The molecule has 0 aliphatic rings. The highest BCUT2D eigenvalue weighted by Gasteiger charge is 2.20. The highest BCUT2D eigenvalue weighted by atomic mass is 32.1. The maximum Gasteiger partial charge on any atom is 0.194 e. The van der Waals surface area contributed by atoms with Gasteiger partial charge in [-0.1, -0.05) is 6.07 Å². The Morgan fingerprint density at radius 1 is 1.24 bits per heavy atom. The van der Waals surface area contributed by atoms with Crippen LogP contribution in [-0.2, 0) is 0 Å². The lowest BCUT2D eigenvalue weighted by molar-refractivity contribution is 0.439. The third-order valence-corrected chi connectivity index (χ3v) is 3.34. The Morgan fingerprint density at radius 3 is 2.53 bits per heavy atom. The molecule has 2 aromatic rings. The monoisotopic (exact) mass is 258 g/mol. The van der Waals surface area contributed by atoms with Gasteiger partial charge in [-0.15, -0.1) is 11.3 Å². The summed E-state index contributed by atoms with van der Waals surface area (Å²) in [7, 11) is 0. The minimum absolute atomic E-state index is 0.0763. The number of rotatable bonds is 2. The molecule has 1 aromatic heterocycles. The molecule has 0 saturated carbocycles. The normalized spacial score (nSPS) is 12.8. The first kappa shape index (κ1) is 12.1. The summed E-state index contributed by atoms with van der Waals surface area (Å²) in [6.45, 7) is 1.78. The Balaban J connectivity index is 2.44. The summed E-state index contributed by atoms with van der Waals surface area (Å²) < 4.78 is 39.3. The SMILES string of the molecule is Cc1ncc(C(N)c2ccc(F)c(F)c2F)s1. The highest BCUT2D eigenvalue weighted by Crippen LogP contribution is 2.28. The Morgan fingerprint density at radius 2 is 1.94 bits per heavy atom. The van der Waals surface area contributed by atoms with Crippen LogP contribution >= 0.6 is 11.3 Å². The average molecular weight is 258 g/mol. The van der Waals surface area contributed by atoms with Crippen LogP contribution in [0.5, 0.6) is 0 Å². The molecule has 2 N–H and O–H groups in total. The van der Waals surface area contributed by atoms with E-state index in [1.165, 1.54) is 17.5 Å². The molecule has 0 saturated heterocycles. The number of aryl methyl sites for hydroxylation is 1. The molecule has 1 unspecified atom stereocenters. The molecule has 2 nitrogen and oxygen atoms in total. The van der Waals surface area contributed by atoms with E-state index in [0.29, 0.717) is 4.88 Å². The van der Waals surface area contributed by atoms with Gasteiger partial charge < -0.3 is 5.73 Å². The molecule has 0 amide bonds. The summed E-state index contributed by atoms with van der Waals surface area (Å²) in [6.07, 6.45) is 1.51. The number of hydrogen-bond donors (Lipinski definition) is 1. The van der Waals surface area contributed by atoms with Gasteiger partial charge in [0.2, 0.25) is 0 Å². The van der Waals surface area contributed by atoms with Crippen LogP contribution in [0.25, 0.3) is 0 Å². The van der Waals surface area contributed by atoms with Crippen LogP contribution in [0.2, 0.25) is 0 Å². The van der Waals surface area contributed by atoms with Crippen LogP contribution in [0.1, 0.15) is 21.5 Å². The molecule has 6 heteroatoms. The van der Waals surface area contributed by atoms with Gasteiger partial charge in [0.25, 0.3) is 0 Å². The van der Waals surface area contributed by atoms with E-state index in [-0.39, 0.29) is 5.56 Å². The fourth-order valence-electron chi connectivity index (χ4n) is 1.46. The smallest absolute Gasteiger partial charge is 0.194 e. The van der Waals surface area contributed by atoms with Gasteiger partial charge in [-0.25, -0.2) is 18.2 Å². The lowest BCUT2D eigenvalue weighted by atomic mass is 10.1. The third kappa shape index (κ3) is 2.18. The van der Waals surface area contributed by atoms with E-state index in [2.05, 4.69) is 4.98 Å². The molecule has 90 valence electrons. The number of hydrogen-bond acceptors (Lipinski definition) is 3. The van der Waals surface area contributed by atoms with Crippen LogP contribution in [-0.4, -0.2) is 4.98 Å². The molecular weight excluding hydrogens is 249 g/mol. The predicted molar refractivity (Wildman–Crippen MR) is 59.2 cm³/mol. The molecule has 0 aliphatic carbocycles. The molecule has 2 rings (SSSR count). The molecule has 1 aromatic carbocycles. The van der Waals surface area contributed by atoms with E-state index >= 15 is 0 Å². The Hall–Kier alpha value is -1.40. The maximum absolute atomic E-state index is 13.5. The van der Waals surface area contributed by atoms with Crippen molar-refractivity contribution in [2.24, 2.45) is 5.73 Å².